The average molecular weight is 181 g/mol. The van der Waals surface area contributed by atoms with Gasteiger partial charge in [-0.2, -0.15) is 10.5 Å². The van der Waals surface area contributed by atoms with E-state index in [1.165, 1.54) is 6.07 Å². The first-order valence-electron chi connectivity index (χ1n) is 2.98. The van der Waals surface area contributed by atoms with Gasteiger partial charge in [-0.15, -0.1) is 0 Å². The lowest BCUT2D eigenvalue weighted by atomic mass is 10.1. The molecule has 0 heterocycles. The van der Waals surface area contributed by atoms with Gasteiger partial charge in [-0.1, -0.05) is 11.6 Å². The van der Waals surface area contributed by atoms with Crippen LogP contribution in [0.1, 0.15) is 11.1 Å². The number of halogens is 2. The molecule has 0 fully saturated rings. The van der Waals surface area contributed by atoms with Crippen LogP contribution >= 0.6 is 11.6 Å². The van der Waals surface area contributed by atoms with Gasteiger partial charge >= 0.3 is 0 Å². The quantitative estimate of drug-likeness (QED) is 0.615. The van der Waals surface area contributed by atoms with Gasteiger partial charge in [0.1, 0.15) is 6.07 Å². The Bertz CT molecular complexity index is 401. The minimum absolute atomic E-state index is 0.179. The zero-order chi connectivity index (χ0) is 9.14. The van der Waals surface area contributed by atoms with E-state index in [2.05, 4.69) is 0 Å². The summed E-state index contributed by atoms with van der Waals surface area (Å²) in [4.78, 5) is 0. The Morgan fingerprint density at radius 2 is 1.92 bits per heavy atom. The monoisotopic (exact) mass is 180 g/mol. The van der Waals surface area contributed by atoms with Gasteiger partial charge in [0.05, 0.1) is 22.2 Å². The zero-order valence-electron chi connectivity index (χ0n) is 5.81. The Balaban J connectivity index is 3.44. The highest BCUT2D eigenvalue weighted by Gasteiger charge is 2.07. The molecule has 2 nitrogen and oxygen atoms in total. The number of hydrogen-bond donors (Lipinski definition) is 0. The van der Waals surface area contributed by atoms with E-state index in [4.69, 9.17) is 22.1 Å². The molecule has 0 aliphatic carbocycles. The van der Waals surface area contributed by atoms with Crippen molar-refractivity contribution >= 4 is 11.6 Å². The Morgan fingerprint density at radius 3 is 2.42 bits per heavy atom. The summed E-state index contributed by atoms with van der Waals surface area (Å²) < 4.78 is 12.9. The summed E-state index contributed by atoms with van der Waals surface area (Å²) in [5, 5.41) is 16.6. The molecule has 4 heteroatoms. The van der Waals surface area contributed by atoms with Crippen molar-refractivity contribution in [3.63, 3.8) is 0 Å². The molecule has 58 valence electrons. The van der Waals surface area contributed by atoms with Gasteiger partial charge in [-0.3, -0.25) is 0 Å². The molecule has 0 saturated heterocycles. The van der Waals surface area contributed by atoms with Gasteiger partial charge in [0.25, 0.3) is 0 Å². The Labute approximate surface area is 73.4 Å². The van der Waals surface area contributed by atoms with Crippen molar-refractivity contribution in [2.75, 3.05) is 0 Å². The predicted octanol–water partition coefficient (Wildman–Crippen LogP) is 2.22. The maximum Gasteiger partial charge on any atom is 0.159 e. The summed E-state index contributed by atoms with van der Waals surface area (Å²) in [6.07, 6.45) is 0. The number of nitrogens with zero attached hydrogens (tertiary/aromatic N) is 2. The molecule has 0 bridgehead atoms. The van der Waals surface area contributed by atoms with Crippen molar-refractivity contribution < 1.29 is 4.39 Å². The molecular formula is C8H2ClFN2. The van der Waals surface area contributed by atoms with Crippen LogP contribution in [0.25, 0.3) is 0 Å². The molecule has 1 aromatic carbocycles. The predicted molar refractivity (Wildman–Crippen MR) is 40.8 cm³/mol. The second-order valence-electron chi connectivity index (χ2n) is 2.04. The highest BCUT2D eigenvalue weighted by Crippen LogP contribution is 2.19. The first-order chi connectivity index (χ1) is 5.69. The Hall–Kier alpha value is -1.58. The largest absolute Gasteiger partial charge is 0.204 e. The third-order valence-corrected chi connectivity index (χ3v) is 1.55. The molecule has 1 aromatic rings. The summed E-state index contributed by atoms with van der Waals surface area (Å²) in [5.74, 6) is -0.779. The minimum atomic E-state index is -0.779. The second-order valence-corrected chi connectivity index (χ2v) is 2.45. The van der Waals surface area contributed by atoms with Crippen molar-refractivity contribution in [1.82, 2.24) is 0 Å². The smallest absolute Gasteiger partial charge is 0.159 e. The lowest BCUT2D eigenvalue weighted by Crippen LogP contribution is -1.87. The molecule has 0 amide bonds. The molecule has 0 spiro atoms. The van der Waals surface area contributed by atoms with Crippen LogP contribution in [-0.2, 0) is 0 Å². The van der Waals surface area contributed by atoms with Crippen molar-refractivity contribution in [2.45, 2.75) is 0 Å². The molecule has 0 radical (unpaired) electrons. The van der Waals surface area contributed by atoms with E-state index in [-0.39, 0.29) is 16.1 Å². The molecule has 0 aromatic heterocycles. The van der Waals surface area contributed by atoms with Gasteiger partial charge in [-0.25, -0.2) is 4.39 Å². The topological polar surface area (TPSA) is 47.6 Å². The molecule has 0 aliphatic heterocycles. The average Bonchev–Trinajstić information content (AvgIpc) is 2.09. The third-order valence-electron chi connectivity index (χ3n) is 1.28. The number of hydrogen-bond acceptors (Lipinski definition) is 2. The van der Waals surface area contributed by atoms with Crippen molar-refractivity contribution in [1.29, 1.82) is 10.5 Å². The SMILES string of the molecule is N#Cc1cc(Cl)c(F)c(C#N)c1. The molecule has 0 aliphatic rings. The molecule has 0 saturated carbocycles. The highest BCUT2D eigenvalue weighted by atomic mass is 35.5. The van der Waals surface area contributed by atoms with Crippen LogP contribution in [-0.4, -0.2) is 0 Å². The van der Waals surface area contributed by atoms with Crippen LogP contribution in [0, 0.1) is 28.5 Å². The first-order valence-corrected chi connectivity index (χ1v) is 3.36. The zero-order valence-corrected chi connectivity index (χ0v) is 6.56. The van der Waals surface area contributed by atoms with Gasteiger partial charge < -0.3 is 0 Å². The maximum atomic E-state index is 12.9. The summed E-state index contributed by atoms with van der Waals surface area (Å²) in [6, 6.07) is 5.70. The van der Waals surface area contributed by atoms with E-state index >= 15 is 0 Å². The van der Waals surface area contributed by atoms with E-state index in [1.54, 1.807) is 12.1 Å². The molecule has 0 N–H and O–H groups in total. The normalized spacial score (nSPS) is 8.67. The number of nitriles is 2. The first kappa shape index (κ1) is 8.52. The van der Waals surface area contributed by atoms with Crippen molar-refractivity contribution in [3.05, 3.63) is 34.1 Å². The minimum Gasteiger partial charge on any atom is -0.204 e. The van der Waals surface area contributed by atoms with Crippen LogP contribution < -0.4 is 0 Å². The maximum absolute atomic E-state index is 12.9. The Morgan fingerprint density at radius 1 is 1.25 bits per heavy atom. The van der Waals surface area contributed by atoms with Gasteiger partial charge in [-0.05, 0) is 12.1 Å². The lowest BCUT2D eigenvalue weighted by molar-refractivity contribution is 0.624. The van der Waals surface area contributed by atoms with E-state index in [0.717, 1.165) is 6.07 Å². The highest BCUT2D eigenvalue weighted by molar-refractivity contribution is 6.31. The molecule has 0 unspecified atom stereocenters. The third kappa shape index (κ3) is 1.37. The van der Waals surface area contributed by atoms with Crippen molar-refractivity contribution in [3.8, 4) is 12.1 Å². The van der Waals surface area contributed by atoms with Crippen LogP contribution in [0.2, 0.25) is 5.02 Å². The van der Waals surface area contributed by atoms with E-state index < -0.39 is 5.82 Å². The van der Waals surface area contributed by atoms with Crippen molar-refractivity contribution in [2.24, 2.45) is 0 Å². The number of benzene rings is 1. The molecule has 0 atom stereocenters. The summed E-state index contributed by atoms with van der Waals surface area (Å²) in [6.45, 7) is 0. The second kappa shape index (κ2) is 3.21. The van der Waals surface area contributed by atoms with E-state index in [0.29, 0.717) is 0 Å². The summed E-state index contributed by atoms with van der Waals surface area (Å²) >= 11 is 5.40. The van der Waals surface area contributed by atoms with Gasteiger partial charge in [0.2, 0.25) is 0 Å². The fourth-order valence-corrected chi connectivity index (χ4v) is 0.954. The molecule has 1 rings (SSSR count). The number of rotatable bonds is 0. The van der Waals surface area contributed by atoms with E-state index in [1.807, 2.05) is 0 Å². The van der Waals surface area contributed by atoms with Crippen LogP contribution in [0.3, 0.4) is 0 Å². The van der Waals surface area contributed by atoms with Crippen LogP contribution in [0.4, 0.5) is 4.39 Å². The molecular weight excluding hydrogens is 179 g/mol. The lowest BCUT2D eigenvalue weighted by Gasteiger charge is -1.96. The van der Waals surface area contributed by atoms with Gasteiger partial charge in [0, 0.05) is 0 Å². The van der Waals surface area contributed by atoms with Crippen LogP contribution in [0.15, 0.2) is 12.1 Å². The fourth-order valence-electron chi connectivity index (χ4n) is 0.735. The standard InChI is InChI=1S/C8H2ClFN2/c9-7-2-5(3-11)1-6(4-12)8(7)10/h1-2H. The van der Waals surface area contributed by atoms with E-state index in [9.17, 15) is 4.39 Å². The van der Waals surface area contributed by atoms with Gasteiger partial charge in [0.15, 0.2) is 5.82 Å². The summed E-state index contributed by atoms with van der Waals surface area (Å²) in [5.41, 5.74) is -0.0306. The summed E-state index contributed by atoms with van der Waals surface area (Å²) in [7, 11) is 0. The fraction of sp³-hybridized carbons (Fsp3) is 0. The van der Waals surface area contributed by atoms with Crippen LogP contribution in [0.5, 0.6) is 0 Å². The molecule has 12 heavy (non-hydrogen) atoms. The Kier molecular flexibility index (Phi) is 2.28.